The highest BCUT2D eigenvalue weighted by Crippen LogP contribution is 2.38. The third kappa shape index (κ3) is 3.81. The van der Waals surface area contributed by atoms with Gasteiger partial charge in [0.05, 0.1) is 0 Å². The number of ether oxygens (including phenoxy) is 2. The number of H-pyrrole nitrogens is 1. The number of hydrogen-bond acceptors (Lipinski definition) is 8. The summed E-state index contributed by atoms with van der Waals surface area (Å²) in [6, 6.07) is 9.77. The van der Waals surface area contributed by atoms with Gasteiger partial charge >= 0.3 is 11.9 Å². The van der Waals surface area contributed by atoms with E-state index in [1.54, 1.807) is 0 Å². The number of nitrogens with one attached hydrogen (secondary N) is 1. The highest BCUT2D eigenvalue weighted by molar-refractivity contribution is 5.89. The van der Waals surface area contributed by atoms with Gasteiger partial charge in [0.25, 0.3) is 17.4 Å². The number of esters is 1. The summed E-state index contributed by atoms with van der Waals surface area (Å²) in [6.45, 7) is 0. The van der Waals surface area contributed by atoms with E-state index in [0.29, 0.717) is 25.1 Å². The third-order valence-electron chi connectivity index (χ3n) is 4.55. The molecule has 1 aliphatic heterocycles. The zero-order valence-corrected chi connectivity index (χ0v) is 14.6. The molecule has 0 amide bonds. The van der Waals surface area contributed by atoms with Gasteiger partial charge in [0.1, 0.15) is 5.82 Å². The van der Waals surface area contributed by atoms with Crippen LogP contribution in [0.25, 0.3) is 0 Å². The van der Waals surface area contributed by atoms with Crippen LogP contribution in [-0.2, 0) is 20.7 Å². The monoisotopic (exact) mass is 369 g/mol. The van der Waals surface area contributed by atoms with Crippen LogP contribution in [0.5, 0.6) is 0 Å². The number of carbonyl (C=O) groups is 1. The standard InChI is InChI=1S/C18H19N5O4/c24-15-14(16(25)27-18(26-15)9-5-2-6-10-18)21-23-17-19-13(20-22-17)11-12-7-3-1-4-8-12/h1,3-4,7-8,24H,2,5-6,9-11H2,(H,19,20,22). The lowest BCUT2D eigenvalue weighted by Gasteiger charge is -2.38. The first-order valence-corrected chi connectivity index (χ1v) is 8.86. The van der Waals surface area contributed by atoms with E-state index in [-0.39, 0.29) is 11.6 Å². The van der Waals surface area contributed by atoms with Gasteiger partial charge in [0.2, 0.25) is 0 Å². The van der Waals surface area contributed by atoms with Gasteiger partial charge in [-0.15, -0.1) is 20.4 Å². The molecule has 4 rings (SSSR count). The summed E-state index contributed by atoms with van der Waals surface area (Å²) in [7, 11) is 0. The van der Waals surface area contributed by atoms with E-state index in [1.165, 1.54) is 0 Å². The van der Waals surface area contributed by atoms with Crippen molar-refractivity contribution in [3.05, 3.63) is 53.4 Å². The molecule has 0 radical (unpaired) electrons. The maximum absolute atomic E-state index is 12.2. The number of azo groups is 1. The van der Waals surface area contributed by atoms with Gasteiger partial charge in [-0.3, -0.25) is 0 Å². The normalized spacial score (nSPS) is 19.3. The summed E-state index contributed by atoms with van der Waals surface area (Å²) < 4.78 is 10.9. The first-order chi connectivity index (χ1) is 13.1. The lowest BCUT2D eigenvalue weighted by Crippen LogP contribution is -2.43. The van der Waals surface area contributed by atoms with E-state index in [9.17, 15) is 9.90 Å². The van der Waals surface area contributed by atoms with Crippen molar-refractivity contribution < 1.29 is 19.4 Å². The molecule has 9 nitrogen and oxygen atoms in total. The maximum Gasteiger partial charge on any atom is 0.369 e. The average molecular weight is 369 g/mol. The number of hydrogen-bond donors (Lipinski definition) is 2. The molecule has 2 aliphatic rings. The number of rotatable bonds is 4. The quantitative estimate of drug-likeness (QED) is 0.629. The van der Waals surface area contributed by atoms with Crippen molar-refractivity contribution in [3.63, 3.8) is 0 Å². The lowest BCUT2D eigenvalue weighted by molar-refractivity contribution is -0.249. The zero-order chi connectivity index (χ0) is 18.7. The molecule has 1 aliphatic carbocycles. The second-order valence-electron chi connectivity index (χ2n) is 6.57. The van der Waals surface area contributed by atoms with E-state index in [0.717, 1.165) is 24.8 Å². The molecule has 1 saturated carbocycles. The van der Waals surface area contributed by atoms with Crippen molar-refractivity contribution in [1.29, 1.82) is 0 Å². The molecule has 140 valence electrons. The van der Waals surface area contributed by atoms with Gasteiger partial charge < -0.3 is 19.6 Å². The Balaban J connectivity index is 1.46. The number of aromatic amines is 1. The fraction of sp³-hybridized carbons (Fsp3) is 0.389. The molecule has 27 heavy (non-hydrogen) atoms. The number of carbonyl (C=O) groups excluding carboxylic acids is 1. The molecule has 0 saturated heterocycles. The molecule has 2 heterocycles. The molecular weight excluding hydrogens is 350 g/mol. The van der Waals surface area contributed by atoms with Gasteiger partial charge in [-0.05, 0) is 18.4 Å². The van der Waals surface area contributed by atoms with Crippen LogP contribution in [0.1, 0.15) is 43.5 Å². The third-order valence-corrected chi connectivity index (χ3v) is 4.55. The molecule has 0 bridgehead atoms. The van der Waals surface area contributed by atoms with E-state index >= 15 is 0 Å². The Labute approximate surface area is 155 Å². The van der Waals surface area contributed by atoms with Crippen LogP contribution in [0, 0.1) is 0 Å². The highest BCUT2D eigenvalue weighted by Gasteiger charge is 2.45. The largest absolute Gasteiger partial charge is 0.479 e. The Kier molecular flexibility index (Phi) is 4.57. The Morgan fingerprint density at radius 1 is 1.07 bits per heavy atom. The minimum atomic E-state index is -1.08. The van der Waals surface area contributed by atoms with Gasteiger partial charge in [-0.1, -0.05) is 36.8 Å². The van der Waals surface area contributed by atoms with Crippen LogP contribution in [-0.4, -0.2) is 32.0 Å². The minimum Gasteiger partial charge on any atom is -0.479 e. The number of aromatic nitrogens is 3. The van der Waals surface area contributed by atoms with Crippen molar-refractivity contribution in [2.75, 3.05) is 0 Å². The van der Waals surface area contributed by atoms with E-state index < -0.39 is 17.7 Å². The Morgan fingerprint density at radius 2 is 1.85 bits per heavy atom. The molecule has 9 heteroatoms. The van der Waals surface area contributed by atoms with E-state index in [4.69, 9.17) is 9.47 Å². The van der Waals surface area contributed by atoms with Gasteiger partial charge in [0.15, 0.2) is 0 Å². The van der Waals surface area contributed by atoms with Crippen LogP contribution in [0.4, 0.5) is 5.95 Å². The fourth-order valence-corrected chi connectivity index (χ4v) is 3.23. The SMILES string of the molecule is O=C1OC2(CCCCC2)OC(O)=C1N=Nc1nnc(Cc2ccccc2)[nH]1. The Hall–Kier alpha value is -3.23. The zero-order valence-electron chi connectivity index (χ0n) is 14.6. The van der Waals surface area contributed by atoms with Crippen molar-refractivity contribution in [3.8, 4) is 0 Å². The average Bonchev–Trinajstić information content (AvgIpc) is 3.10. The highest BCUT2D eigenvalue weighted by atomic mass is 16.8. The van der Waals surface area contributed by atoms with Crippen molar-refractivity contribution in [2.24, 2.45) is 10.2 Å². The van der Waals surface area contributed by atoms with E-state index in [1.807, 2.05) is 30.3 Å². The molecule has 1 aromatic carbocycles. The molecule has 0 unspecified atom stereocenters. The summed E-state index contributed by atoms with van der Waals surface area (Å²) in [5.41, 5.74) is 0.687. The molecule has 2 N–H and O–H groups in total. The minimum absolute atomic E-state index is 0.118. The predicted octanol–water partition coefficient (Wildman–Crippen LogP) is 3.44. The predicted molar refractivity (Wildman–Crippen MR) is 92.8 cm³/mol. The van der Waals surface area contributed by atoms with Gasteiger partial charge in [-0.25, -0.2) is 4.79 Å². The van der Waals surface area contributed by atoms with Crippen LogP contribution in [0.2, 0.25) is 0 Å². The smallest absolute Gasteiger partial charge is 0.369 e. The fourth-order valence-electron chi connectivity index (χ4n) is 3.23. The maximum atomic E-state index is 12.2. The number of aliphatic hydroxyl groups excluding tert-OH is 1. The Morgan fingerprint density at radius 3 is 2.59 bits per heavy atom. The van der Waals surface area contributed by atoms with E-state index in [2.05, 4.69) is 25.4 Å². The van der Waals surface area contributed by atoms with Crippen molar-refractivity contribution >= 4 is 11.9 Å². The first-order valence-electron chi connectivity index (χ1n) is 8.86. The summed E-state index contributed by atoms with van der Waals surface area (Å²) in [5, 5.41) is 25.5. The van der Waals surface area contributed by atoms with Crippen LogP contribution in [0.3, 0.4) is 0 Å². The van der Waals surface area contributed by atoms with Crippen LogP contribution >= 0.6 is 0 Å². The first kappa shape index (κ1) is 17.2. The molecule has 1 fully saturated rings. The molecule has 0 atom stereocenters. The second-order valence-corrected chi connectivity index (χ2v) is 6.57. The topological polar surface area (TPSA) is 122 Å². The second kappa shape index (κ2) is 7.18. The molecule has 2 aromatic rings. The number of benzene rings is 1. The molecular formula is C18H19N5O4. The summed E-state index contributed by atoms with van der Waals surface area (Å²) in [4.78, 5) is 15.1. The molecule has 1 aromatic heterocycles. The number of aliphatic hydroxyl groups is 1. The summed E-state index contributed by atoms with van der Waals surface area (Å²) in [5.74, 6) is -1.67. The van der Waals surface area contributed by atoms with Gasteiger partial charge in [0, 0.05) is 19.3 Å². The van der Waals surface area contributed by atoms with Crippen molar-refractivity contribution in [2.45, 2.75) is 44.3 Å². The van der Waals surface area contributed by atoms with Crippen LogP contribution in [0.15, 0.2) is 52.2 Å². The summed E-state index contributed by atoms with van der Waals surface area (Å²) in [6.07, 6.45) is 4.47. The molecule has 1 spiro atoms. The van der Waals surface area contributed by atoms with Crippen LogP contribution < -0.4 is 0 Å². The number of nitrogens with zero attached hydrogens (tertiary/aromatic N) is 4. The van der Waals surface area contributed by atoms with Crippen molar-refractivity contribution in [1.82, 2.24) is 15.2 Å². The summed E-state index contributed by atoms with van der Waals surface area (Å²) >= 11 is 0. The lowest BCUT2D eigenvalue weighted by atomic mass is 9.93. The van der Waals surface area contributed by atoms with Gasteiger partial charge in [-0.2, -0.15) is 0 Å². The Bertz CT molecular complexity index is 884.